The normalized spacial score (nSPS) is 21.2. The molecule has 1 aliphatic carbocycles. The van der Waals surface area contributed by atoms with Crippen molar-refractivity contribution in [2.24, 2.45) is 5.92 Å². The summed E-state index contributed by atoms with van der Waals surface area (Å²) in [7, 11) is 0. The predicted molar refractivity (Wildman–Crippen MR) is 124 cm³/mol. The standard InChI is InChI=1S/C23H18ClFN8O/c24-16-1-12(7-26)2-17(25)23(16)33-18-5-20(27-8-14(18)9-30-33)31-21-6-22(29-11-28-21)32-10-13-3-15(32)4-19(13)34/h1-2,5-6,8-9,11,13,15,19,34H,3-4,10H2,(H,27,28,29,31). The largest absolute Gasteiger partial charge is 0.393 e. The summed E-state index contributed by atoms with van der Waals surface area (Å²) in [6.45, 7) is 0.780. The smallest absolute Gasteiger partial charge is 0.151 e. The molecule has 9 nitrogen and oxygen atoms in total. The first-order valence-corrected chi connectivity index (χ1v) is 11.1. The van der Waals surface area contributed by atoms with Gasteiger partial charge < -0.3 is 15.3 Å². The zero-order valence-electron chi connectivity index (χ0n) is 17.7. The number of aliphatic hydroxyl groups is 1. The summed E-state index contributed by atoms with van der Waals surface area (Å²) in [5.41, 5.74) is 0.776. The van der Waals surface area contributed by atoms with Gasteiger partial charge in [0.15, 0.2) is 5.82 Å². The van der Waals surface area contributed by atoms with Crippen LogP contribution in [0.15, 0.2) is 43.0 Å². The van der Waals surface area contributed by atoms with E-state index in [1.165, 1.54) is 17.1 Å². The van der Waals surface area contributed by atoms with Crippen LogP contribution in [0.1, 0.15) is 18.4 Å². The molecule has 1 aromatic carbocycles. The van der Waals surface area contributed by atoms with Crippen LogP contribution in [0.3, 0.4) is 0 Å². The minimum atomic E-state index is -0.647. The van der Waals surface area contributed by atoms with E-state index in [-0.39, 0.29) is 28.3 Å². The summed E-state index contributed by atoms with van der Waals surface area (Å²) in [6, 6.07) is 8.29. The summed E-state index contributed by atoms with van der Waals surface area (Å²) < 4.78 is 16.1. The van der Waals surface area contributed by atoms with Gasteiger partial charge >= 0.3 is 0 Å². The molecule has 6 rings (SSSR count). The highest BCUT2D eigenvalue weighted by Crippen LogP contribution is 2.40. The number of hydrogen-bond donors (Lipinski definition) is 2. The molecule has 2 N–H and O–H groups in total. The Balaban J connectivity index is 1.31. The number of pyridine rings is 1. The monoisotopic (exact) mass is 476 g/mol. The van der Waals surface area contributed by atoms with Crippen molar-refractivity contribution in [3.63, 3.8) is 0 Å². The molecular weight excluding hydrogens is 459 g/mol. The van der Waals surface area contributed by atoms with Gasteiger partial charge in [0.2, 0.25) is 0 Å². The maximum absolute atomic E-state index is 14.8. The molecule has 1 aliphatic heterocycles. The Morgan fingerprint density at radius 1 is 1.12 bits per heavy atom. The molecule has 4 heterocycles. The number of aromatic nitrogens is 5. The molecule has 3 aromatic heterocycles. The molecule has 3 unspecified atom stereocenters. The second-order valence-corrected chi connectivity index (χ2v) is 8.98. The van der Waals surface area contributed by atoms with Crippen molar-refractivity contribution in [3.05, 3.63) is 59.4 Å². The Bertz CT molecular complexity index is 1440. The predicted octanol–water partition coefficient (Wildman–Crippen LogP) is 3.58. The van der Waals surface area contributed by atoms with Crippen molar-refractivity contribution in [1.82, 2.24) is 24.7 Å². The number of nitrogens with zero attached hydrogens (tertiary/aromatic N) is 7. The van der Waals surface area contributed by atoms with Gasteiger partial charge in [0.25, 0.3) is 0 Å². The van der Waals surface area contributed by atoms with Crippen LogP contribution in [0, 0.1) is 23.1 Å². The van der Waals surface area contributed by atoms with Gasteiger partial charge in [-0.25, -0.2) is 24.0 Å². The van der Waals surface area contributed by atoms with E-state index in [2.05, 4.69) is 30.3 Å². The van der Waals surface area contributed by atoms with Crippen LogP contribution in [0.5, 0.6) is 0 Å². The third-order valence-corrected chi connectivity index (χ3v) is 6.81. The molecule has 1 saturated carbocycles. The number of piperidine rings is 1. The van der Waals surface area contributed by atoms with Gasteiger partial charge in [-0.15, -0.1) is 0 Å². The van der Waals surface area contributed by atoms with Gasteiger partial charge in [0.05, 0.1) is 34.5 Å². The lowest BCUT2D eigenvalue weighted by atomic mass is 10.1. The average Bonchev–Trinajstić information content (AvgIpc) is 3.53. The van der Waals surface area contributed by atoms with Gasteiger partial charge in [-0.2, -0.15) is 10.4 Å². The Kier molecular flexibility index (Phi) is 4.83. The zero-order valence-corrected chi connectivity index (χ0v) is 18.5. The number of anilines is 3. The summed E-state index contributed by atoms with van der Waals surface area (Å²) in [4.78, 5) is 15.4. The fourth-order valence-corrected chi connectivity index (χ4v) is 5.20. The highest BCUT2D eigenvalue weighted by molar-refractivity contribution is 6.32. The lowest BCUT2D eigenvalue weighted by Gasteiger charge is -2.30. The quantitative estimate of drug-likeness (QED) is 0.459. The number of nitrogens with one attached hydrogen (secondary N) is 1. The van der Waals surface area contributed by atoms with E-state index in [0.29, 0.717) is 28.6 Å². The SMILES string of the molecule is N#Cc1cc(F)c(-n2ncc3cnc(Nc4cc(N5CC6CC5CC6O)ncn4)cc32)c(Cl)c1. The second kappa shape index (κ2) is 7.90. The highest BCUT2D eigenvalue weighted by atomic mass is 35.5. The van der Waals surface area contributed by atoms with E-state index in [9.17, 15) is 9.50 Å². The third kappa shape index (κ3) is 3.41. The molecule has 0 amide bonds. The topological polar surface area (TPSA) is 116 Å². The van der Waals surface area contributed by atoms with Crippen molar-refractivity contribution in [2.75, 3.05) is 16.8 Å². The van der Waals surface area contributed by atoms with Crippen molar-refractivity contribution < 1.29 is 9.50 Å². The van der Waals surface area contributed by atoms with Gasteiger partial charge in [0.1, 0.15) is 29.5 Å². The molecule has 11 heteroatoms. The van der Waals surface area contributed by atoms with Gasteiger partial charge in [-0.05, 0) is 25.0 Å². The molecule has 1 saturated heterocycles. The van der Waals surface area contributed by atoms with Gasteiger partial charge in [-0.3, -0.25) is 0 Å². The van der Waals surface area contributed by atoms with Crippen molar-refractivity contribution in [3.8, 4) is 11.8 Å². The van der Waals surface area contributed by atoms with Crippen LogP contribution in [-0.4, -0.2) is 48.5 Å². The van der Waals surface area contributed by atoms with Gasteiger partial charge in [0, 0.05) is 42.2 Å². The molecule has 2 bridgehead atoms. The number of hydrogen-bond acceptors (Lipinski definition) is 8. The fourth-order valence-electron chi connectivity index (χ4n) is 4.91. The highest BCUT2D eigenvalue weighted by Gasteiger charge is 2.44. The average molecular weight is 477 g/mol. The van der Waals surface area contributed by atoms with E-state index in [1.807, 2.05) is 12.1 Å². The minimum absolute atomic E-state index is 0.0587. The van der Waals surface area contributed by atoms with Crippen molar-refractivity contribution in [2.45, 2.75) is 25.0 Å². The molecule has 0 radical (unpaired) electrons. The van der Waals surface area contributed by atoms with Crippen molar-refractivity contribution >= 4 is 40.0 Å². The van der Waals surface area contributed by atoms with E-state index >= 15 is 0 Å². The van der Waals surface area contributed by atoms with Crippen LogP contribution in [0.25, 0.3) is 16.6 Å². The second-order valence-electron chi connectivity index (χ2n) is 8.58. The lowest BCUT2D eigenvalue weighted by Crippen LogP contribution is -2.38. The number of nitriles is 1. The summed E-state index contributed by atoms with van der Waals surface area (Å²) in [5.74, 6) is 1.49. The third-order valence-electron chi connectivity index (χ3n) is 6.52. The molecular formula is C23H18ClFN8O. The first-order chi connectivity index (χ1) is 16.5. The Hall–Kier alpha value is -3.81. The van der Waals surface area contributed by atoms with E-state index in [0.717, 1.165) is 31.3 Å². The lowest BCUT2D eigenvalue weighted by molar-refractivity contribution is 0.127. The number of halogens is 2. The first-order valence-electron chi connectivity index (χ1n) is 10.8. The molecule has 2 fully saturated rings. The molecule has 34 heavy (non-hydrogen) atoms. The van der Waals surface area contributed by atoms with E-state index in [4.69, 9.17) is 16.9 Å². The Morgan fingerprint density at radius 3 is 2.71 bits per heavy atom. The molecule has 4 aromatic rings. The van der Waals surface area contributed by atoms with Crippen LogP contribution in [0.4, 0.5) is 21.8 Å². The maximum atomic E-state index is 14.8. The molecule has 2 aliphatic rings. The Labute approximate surface area is 198 Å². The molecule has 170 valence electrons. The first kappa shape index (κ1) is 20.8. The maximum Gasteiger partial charge on any atom is 0.151 e. The van der Waals surface area contributed by atoms with E-state index < -0.39 is 5.82 Å². The minimum Gasteiger partial charge on any atom is -0.393 e. The fraction of sp³-hybridized carbons (Fsp3) is 0.261. The van der Waals surface area contributed by atoms with Crippen LogP contribution >= 0.6 is 11.6 Å². The Morgan fingerprint density at radius 2 is 1.97 bits per heavy atom. The molecule has 0 spiro atoms. The number of aliphatic hydroxyl groups excluding tert-OH is 1. The summed E-state index contributed by atoms with van der Waals surface area (Å²) in [6.07, 6.45) is 6.20. The number of rotatable bonds is 4. The zero-order chi connectivity index (χ0) is 23.4. The summed E-state index contributed by atoms with van der Waals surface area (Å²) >= 11 is 6.27. The summed E-state index contributed by atoms with van der Waals surface area (Å²) in [5, 5.41) is 27.3. The van der Waals surface area contributed by atoms with Crippen molar-refractivity contribution in [1.29, 1.82) is 5.26 Å². The number of fused-ring (bicyclic) bond motifs is 3. The van der Waals surface area contributed by atoms with E-state index in [1.54, 1.807) is 18.5 Å². The van der Waals surface area contributed by atoms with Gasteiger partial charge in [-0.1, -0.05) is 11.6 Å². The number of benzene rings is 1. The van der Waals surface area contributed by atoms with Crippen LogP contribution in [-0.2, 0) is 0 Å². The van der Waals surface area contributed by atoms with Crippen LogP contribution < -0.4 is 10.2 Å². The van der Waals surface area contributed by atoms with Crippen LogP contribution in [0.2, 0.25) is 5.02 Å². The molecule has 3 atom stereocenters.